The van der Waals surface area contributed by atoms with Crippen LogP contribution in [0.4, 0.5) is 0 Å². The summed E-state index contributed by atoms with van der Waals surface area (Å²) in [5.74, 6) is 2.13. The molecule has 0 spiro atoms. The summed E-state index contributed by atoms with van der Waals surface area (Å²) >= 11 is 0. The van der Waals surface area contributed by atoms with Gasteiger partial charge in [-0.15, -0.1) is 9.24 Å². The lowest BCUT2D eigenvalue weighted by molar-refractivity contribution is 0.110. The number of methoxy groups -OCH3 is 1. The Morgan fingerprint density at radius 1 is 1.11 bits per heavy atom. The van der Waals surface area contributed by atoms with Crippen molar-refractivity contribution in [3.63, 3.8) is 0 Å². The summed E-state index contributed by atoms with van der Waals surface area (Å²) in [5, 5.41) is 10.8. The first kappa shape index (κ1) is 22.9. The third-order valence-electron chi connectivity index (χ3n) is 6.40. The van der Waals surface area contributed by atoms with Crippen LogP contribution in [-0.4, -0.2) is 25.4 Å². The smallest absolute Gasteiger partial charge is 0.0515 e. The summed E-state index contributed by atoms with van der Waals surface area (Å²) in [6.07, 6.45) is 14.9. The Balaban J connectivity index is 1.75. The van der Waals surface area contributed by atoms with E-state index in [1.165, 1.54) is 80.6 Å². The highest BCUT2D eigenvalue weighted by Gasteiger charge is 2.20. The van der Waals surface area contributed by atoms with Gasteiger partial charge in [-0.25, -0.2) is 0 Å². The minimum atomic E-state index is 0.183. The predicted octanol–water partition coefficient (Wildman–Crippen LogP) is 5.30. The van der Waals surface area contributed by atoms with Crippen molar-refractivity contribution in [2.24, 2.45) is 17.8 Å². The molecule has 1 aliphatic rings. The molecule has 0 radical (unpaired) electrons. The zero-order chi connectivity index (χ0) is 19.5. The third-order valence-corrected chi connectivity index (χ3v) is 6.94. The zero-order valence-electron chi connectivity index (χ0n) is 17.6. The number of aliphatic hydroxyl groups excluding tert-OH is 1. The van der Waals surface area contributed by atoms with E-state index in [0.717, 1.165) is 18.3 Å². The van der Waals surface area contributed by atoms with E-state index < -0.39 is 0 Å². The number of benzene rings is 1. The molecule has 1 aromatic carbocycles. The minimum Gasteiger partial charge on any atom is -0.396 e. The van der Waals surface area contributed by atoms with E-state index in [1.54, 1.807) is 7.11 Å². The van der Waals surface area contributed by atoms with Crippen molar-refractivity contribution < 1.29 is 9.84 Å². The van der Waals surface area contributed by atoms with Gasteiger partial charge in [0, 0.05) is 19.6 Å². The largest absolute Gasteiger partial charge is 0.396 e. The monoisotopic (exact) mass is 392 g/mol. The molecule has 1 N–H and O–H groups in total. The topological polar surface area (TPSA) is 29.5 Å². The Hall–Kier alpha value is -0.430. The first-order chi connectivity index (χ1) is 13.2. The first-order valence-electron chi connectivity index (χ1n) is 11.1. The fraction of sp³-hybridized carbons (Fsp3) is 0.750. The summed E-state index contributed by atoms with van der Waals surface area (Å²) in [6.45, 7) is 3.10. The fourth-order valence-electron chi connectivity index (χ4n) is 4.60. The van der Waals surface area contributed by atoms with Gasteiger partial charge in [0.15, 0.2) is 0 Å². The van der Waals surface area contributed by atoms with Crippen LogP contribution in [0.5, 0.6) is 0 Å². The number of aliphatic hydroxyl groups is 1. The summed E-state index contributed by atoms with van der Waals surface area (Å²) in [7, 11) is 4.62. The van der Waals surface area contributed by atoms with Gasteiger partial charge in [-0.3, -0.25) is 0 Å². The second-order valence-corrected chi connectivity index (χ2v) is 9.28. The van der Waals surface area contributed by atoms with Crippen LogP contribution in [0.1, 0.15) is 75.8 Å². The molecule has 0 heterocycles. The molecule has 0 saturated heterocycles. The number of aryl methyl sites for hydroxylation is 1. The zero-order valence-corrected chi connectivity index (χ0v) is 18.7. The van der Waals surface area contributed by atoms with Gasteiger partial charge in [0.05, 0.1) is 6.61 Å². The van der Waals surface area contributed by atoms with Crippen molar-refractivity contribution >= 4 is 14.5 Å². The SMILES string of the molecule is CCCCCC1CCC(CCc2ccc(CC(CO)COC)cc2P)CC1. The molecule has 0 aromatic heterocycles. The summed E-state index contributed by atoms with van der Waals surface area (Å²) in [5.41, 5.74) is 2.77. The normalized spacial score (nSPS) is 21.3. The molecule has 2 nitrogen and oxygen atoms in total. The molecule has 1 aliphatic carbocycles. The summed E-state index contributed by atoms with van der Waals surface area (Å²) in [6, 6.07) is 6.82. The molecule has 2 rings (SSSR count). The van der Waals surface area contributed by atoms with Gasteiger partial charge >= 0.3 is 0 Å². The van der Waals surface area contributed by atoms with Gasteiger partial charge in [-0.2, -0.15) is 0 Å². The van der Waals surface area contributed by atoms with E-state index in [1.807, 2.05) is 0 Å². The van der Waals surface area contributed by atoms with Crippen molar-refractivity contribution in [1.82, 2.24) is 0 Å². The van der Waals surface area contributed by atoms with Gasteiger partial charge in [0.2, 0.25) is 0 Å². The van der Waals surface area contributed by atoms with Crippen molar-refractivity contribution in [3.8, 4) is 0 Å². The average molecular weight is 393 g/mol. The Labute approximate surface area is 169 Å². The molecular weight excluding hydrogens is 351 g/mol. The number of hydrogen-bond acceptors (Lipinski definition) is 2. The van der Waals surface area contributed by atoms with Gasteiger partial charge in [0.25, 0.3) is 0 Å². The Bertz CT molecular complexity index is 523. The molecule has 1 aromatic rings. The van der Waals surface area contributed by atoms with E-state index in [4.69, 9.17) is 4.74 Å². The third kappa shape index (κ3) is 8.22. The molecule has 1 saturated carbocycles. The maximum Gasteiger partial charge on any atom is 0.0515 e. The Morgan fingerprint density at radius 3 is 2.41 bits per heavy atom. The minimum absolute atomic E-state index is 0.183. The molecule has 0 bridgehead atoms. The maximum atomic E-state index is 9.46. The molecule has 3 heteroatoms. The van der Waals surface area contributed by atoms with Crippen molar-refractivity contribution in [2.45, 2.75) is 77.6 Å². The highest BCUT2D eigenvalue weighted by Crippen LogP contribution is 2.34. The van der Waals surface area contributed by atoms with E-state index >= 15 is 0 Å². The van der Waals surface area contributed by atoms with Gasteiger partial charge in [-0.05, 0) is 47.5 Å². The number of rotatable bonds is 12. The summed E-state index contributed by atoms with van der Waals surface area (Å²) < 4.78 is 5.20. The Kier molecular flexibility index (Phi) is 10.9. The van der Waals surface area contributed by atoms with Crippen molar-refractivity contribution in [3.05, 3.63) is 29.3 Å². The van der Waals surface area contributed by atoms with Crippen LogP contribution in [-0.2, 0) is 17.6 Å². The number of unbranched alkanes of at least 4 members (excludes halogenated alkanes) is 2. The second-order valence-electron chi connectivity index (χ2n) is 8.66. The first-order valence-corrected chi connectivity index (χ1v) is 11.7. The molecule has 2 atom stereocenters. The van der Waals surface area contributed by atoms with Crippen LogP contribution >= 0.6 is 9.24 Å². The molecule has 154 valence electrons. The highest BCUT2D eigenvalue weighted by molar-refractivity contribution is 7.27. The van der Waals surface area contributed by atoms with Crippen LogP contribution < -0.4 is 5.30 Å². The van der Waals surface area contributed by atoms with Crippen LogP contribution in [0, 0.1) is 17.8 Å². The molecule has 2 unspecified atom stereocenters. The molecule has 27 heavy (non-hydrogen) atoms. The van der Waals surface area contributed by atoms with E-state index in [-0.39, 0.29) is 12.5 Å². The lowest BCUT2D eigenvalue weighted by Crippen LogP contribution is -2.17. The summed E-state index contributed by atoms with van der Waals surface area (Å²) in [4.78, 5) is 0. The lowest BCUT2D eigenvalue weighted by Gasteiger charge is -2.28. The van der Waals surface area contributed by atoms with Gasteiger partial charge < -0.3 is 9.84 Å². The van der Waals surface area contributed by atoms with Crippen LogP contribution in [0.15, 0.2) is 18.2 Å². The number of hydrogen-bond donors (Lipinski definition) is 1. The molecule has 0 amide bonds. The van der Waals surface area contributed by atoms with Crippen LogP contribution in [0.3, 0.4) is 0 Å². The van der Waals surface area contributed by atoms with Crippen molar-refractivity contribution in [1.29, 1.82) is 0 Å². The molecular formula is C24H41O2P. The maximum absolute atomic E-state index is 9.46. The fourth-order valence-corrected chi connectivity index (χ4v) is 5.05. The number of ether oxygens (including phenoxy) is 1. The Morgan fingerprint density at radius 2 is 1.81 bits per heavy atom. The molecule has 0 aliphatic heterocycles. The lowest BCUT2D eigenvalue weighted by atomic mass is 9.77. The second kappa shape index (κ2) is 12.9. The van der Waals surface area contributed by atoms with E-state index in [2.05, 4.69) is 34.4 Å². The average Bonchev–Trinajstić information content (AvgIpc) is 2.68. The molecule has 1 fully saturated rings. The predicted molar refractivity (Wildman–Crippen MR) is 120 cm³/mol. The standard InChI is InChI=1S/C24H41O2P/c1-3-4-5-6-19-7-9-20(10-8-19)11-13-23-14-12-21(16-24(23)27)15-22(17-25)18-26-2/h12,14,16,19-20,22,25H,3-11,13,15,17-18,27H2,1-2H3. The van der Waals surface area contributed by atoms with Crippen LogP contribution in [0.2, 0.25) is 0 Å². The van der Waals surface area contributed by atoms with E-state index in [9.17, 15) is 5.11 Å². The van der Waals surface area contributed by atoms with E-state index in [0.29, 0.717) is 6.61 Å². The quantitative estimate of drug-likeness (QED) is 0.386. The highest BCUT2D eigenvalue weighted by atomic mass is 31.0. The van der Waals surface area contributed by atoms with Crippen LogP contribution in [0.25, 0.3) is 0 Å². The van der Waals surface area contributed by atoms with Gasteiger partial charge in [0.1, 0.15) is 0 Å². The van der Waals surface area contributed by atoms with Gasteiger partial charge in [-0.1, -0.05) is 76.5 Å². The van der Waals surface area contributed by atoms with Crippen molar-refractivity contribution in [2.75, 3.05) is 20.3 Å².